The van der Waals surface area contributed by atoms with Crippen molar-refractivity contribution in [1.82, 2.24) is 10.3 Å². The number of sulfone groups is 1. The third kappa shape index (κ3) is 5.15. The molecule has 1 aromatic carbocycles. The van der Waals surface area contributed by atoms with Gasteiger partial charge in [-0.2, -0.15) is 0 Å². The van der Waals surface area contributed by atoms with Gasteiger partial charge in [-0.15, -0.1) is 0 Å². The van der Waals surface area contributed by atoms with Crippen LogP contribution in [0.25, 0.3) is 10.4 Å². The number of urea groups is 1. The summed E-state index contributed by atoms with van der Waals surface area (Å²) in [6.45, 7) is 2.13. The maximum Gasteiger partial charge on any atom is 0.321 e. The van der Waals surface area contributed by atoms with E-state index >= 15 is 0 Å². The highest BCUT2D eigenvalue weighted by Crippen LogP contribution is 2.35. The topological polar surface area (TPSA) is 108 Å². The molecule has 0 fully saturated rings. The largest absolute Gasteiger partial charge is 0.396 e. The summed E-state index contributed by atoms with van der Waals surface area (Å²) in [7, 11) is -3.45. The zero-order valence-electron chi connectivity index (χ0n) is 13.7. The van der Waals surface area contributed by atoms with Crippen molar-refractivity contribution in [2.45, 2.75) is 18.2 Å². The average Bonchev–Trinajstić information content (AvgIpc) is 2.87. The van der Waals surface area contributed by atoms with Crippen LogP contribution in [0.3, 0.4) is 0 Å². The van der Waals surface area contributed by atoms with Crippen LogP contribution in [0.2, 0.25) is 5.02 Å². The van der Waals surface area contributed by atoms with E-state index in [2.05, 4.69) is 15.6 Å². The third-order valence-electron chi connectivity index (χ3n) is 3.23. The molecule has 0 aliphatic rings. The van der Waals surface area contributed by atoms with Crippen LogP contribution in [0.1, 0.15) is 12.1 Å². The smallest absolute Gasteiger partial charge is 0.321 e. The molecule has 10 heteroatoms. The number of aliphatic hydroxyl groups excluding tert-OH is 1. The number of aromatic nitrogens is 1. The minimum Gasteiger partial charge on any atom is -0.396 e. The van der Waals surface area contributed by atoms with E-state index in [-0.39, 0.29) is 16.5 Å². The van der Waals surface area contributed by atoms with Gasteiger partial charge in [0.1, 0.15) is 0 Å². The second-order valence-electron chi connectivity index (χ2n) is 5.31. The van der Waals surface area contributed by atoms with Crippen LogP contribution < -0.4 is 10.6 Å². The predicted molar refractivity (Wildman–Crippen MR) is 99.1 cm³/mol. The molecule has 2 rings (SSSR count). The second kappa shape index (κ2) is 8.13. The molecule has 1 aromatic heterocycles. The number of thiazole rings is 1. The van der Waals surface area contributed by atoms with E-state index in [0.29, 0.717) is 29.4 Å². The van der Waals surface area contributed by atoms with Gasteiger partial charge in [0.25, 0.3) is 0 Å². The third-order valence-corrected chi connectivity index (χ3v) is 5.93. The summed E-state index contributed by atoms with van der Waals surface area (Å²) < 4.78 is 23.6. The van der Waals surface area contributed by atoms with Crippen LogP contribution in [-0.2, 0) is 9.84 Å². The van der Waals surface area contributed by atoms with Crippen molar-refractivity contribution in [2.24, 2.45) is 0 Å². The number of benzene rings is 1. The fourth-order valence-electron chi connectivity index (χ4n) is 2.07. The first kappa shape index (κ1) is 19.6. The minimum atomic E-state index is -3.45. The van der Waals surface area contributed by atoms with Crippen molar-refractivity contribution in [3.8, 4) is 10.4 Å². The lowest BCUT2D eigenvalue weighted by Gasteiger charge is -2.05. The Morgan fingerprint density at radius 1 is 1.40 bits per heavy atom. The molecule has 0 saturated heterocycles. The van der Waals surface area contributed by atoms with Crippen LogP contribution in [0.15, 0.2) is 23.1 Å². The van der Waals surface area contributed by atoms with E-state index in [1.54, 1.807) is 13.0 Å². The van der Waals surface area contributed by atoms with Crippen LogP contribution in [0.4, 0.5) is 9.93 Å². The van der Waals surface area contributed by atoms with Gasteiger partial charge in [-0.05, 0) is 31.0 Å². The maximum absolute atomic E-state index is 11.8. The van der Waals surface area contributed by atoms with Crippen molar-refractivity contribution in [1.29, 1.82) is 0 Å². The highest BCUT2D eigenvalue weighted by molar-refractivity contribution is 7.90. The Balaban J connectivity index is 2.24. The van der Waals surface area contributed by atoms with Crippen LogP contribution in [0.5, 0.6) is 0 Å². The number of hydrogen-bond donors (Lipinski definition) is 3. The van der Waals surface area contributed by atoms with Gasteiger partial charge in [-0.3, -0.25) is 5.32 Å². The fraction of sp³-hybridized carbons (Fsp3) is 0.333. The van der Waals surface area contributed by atoms with Gasteiger partial charge in [0.15, 0.2) is 15.0 Å². The molecule has 7 nitrogen and oxygen atoms in total. The lowest BCUT2D eigenvalue weighted by atomic mass is 10.2. The summed E-state index contributed by atoms with van der Waals surface area (Å²) in [4.78, 5) is 16.8. The van der Waals surface area contributed by atoms with Crippen molar-refractivity contribution >= 4 is 43.9 Å². The van der Waals surface area contributed by atoms with E-state index in [9.17, 15) is 13.2 Å². The van der Waals surface area contributed by atoms with Gasteiger partial charge in [-0.1, -0.05) is 29.0 Å². The minimum absolute atomic E-state index is 0.0000246. The second-order valence-corrected chi connectivity index (χ2v) is 8.70. The molecule has 0 unspecified atom stereocenters. The molecule has 136 valence electrons. The van der Waals surface area contributed by atoms with E-state index in [1.165, 1.54) is 23.5 Å². The first-order valence-electron chi connectivity index (χ1n) is 7.35. The molecular weight excluding hydrogens is 386 g/mol. The maximum atomic E-state index is 11.8. The Labute approximate surface area is 155 Å². The molecule has 0 aliphatic carbocycles. The molecule has 0 bridgehead atoms. The number of amides is 2. The number of halogens is 1. The standard InChI is InChI=1S/C15H18ClN3O4S2/c1-9-13(10-4-5-11(16)12(8-10)25(2,22)23)24-15(18-9)19-14(21)17-6-3-7-20/h4-5,8,20H,3,6-7H2,1-2H3,(H2,17,18,19,21). The molecule has 0 spiro atoms. The number of aliphatic hydroxyl groups is 1. The fourth-order valence-corrected chi connectivity index (χ4v) is 4.33. The average molecular weight is 404 g/mol. The summed E-state index contributed by atoms with van der Waals surface area (Å²) >= 11 is 7.20. The zero-order valence-corrected chi connectivity index (χ0v) is 16.1. The number of nitrogens with one attached hydrogen (secondary N) is 2. The lowest BCUT2D eigenvalue weighted by Crippen LogP contribution is -2.29. The number of aryl methyl sites for hydroxylation is 1. The summed E-state index contributed by atoms with van der Waals surface area (Å²) in [6, 6.07) is 4.33. The van der Waals surface area contributed by atoms with Gasteiger partial charge in [0.05, 0.1) is 20.5 Å². The quantitative estimate of drug-likeness (QED) is 0.642. The summed E-state index contributed by atoms with van der Waals surface area (Å²) in [5.41, 5.74) is 1.32. The Hall–Kier alpha value is -1.68. The number of rotatable bonds is 6. The normalized spacial score (nSPS) is 11.4. The number of carbonyl (C=O) groups excluding carboxylic acids is 1. The SMILES string of the molecule is Cc1nc(NC(=O)NCCCO)sc1-c1ccc(Cl)c(S(C)(=O)=O)c1. The molecule has 2 aromatic rings. The van der Waals surface area contributed by atoms with Gasteiger partial charge >= 0.3 is 6.03 Å². The molecule has 0 aliphatic heterocycles. The summed E-state index contributed by atoms with van der Waals surface area (Å²) in [6.07, 6.45) is 1.57. The number of hydrogen-bond acceptors (Lipinski definition) is 6. The first-order chi connectivity index (χ1) is 11.7. The number of carbonyl (C=O) groups is 1. The van der Waals surface area contributed by atoms with Gasteiger partial charge in [0.2, 0.25) is 0 Å². The number of anilines is 1. The van der Waals surface area contributed by atoms with E-state index in [4.69, 9.17) is 16.7 Å². The molecule has 0 saturated carbocycles. The number of nitrogens with zero attached hydrogens (tertiary/aromatic N) is 1. The molecule has 0 atom stereocenters. The van der Waals surface area contributed by atoms with E-state index in [1.807, 2.05) is 0 Å². The van der Waals surface area contributed by atoms with Gasteiger partial charge in [0, 0.05) is 19.4 Å². The van der Waals surface area contributed by atoms with Crippen LogP contribution >= 0.6 is 22.9 Å². The van der Waals surface area contributed by atoms with Crippen molar-refractivity contribution < 1.29 is 18.3 Å². The molecular formula is C15H18ClN3O4S2. The Morgan fingerprint density at radius 3 is 2.76 bits per heavy atom. The molecule has 2 amide bonds. The van der Waals surface area contributed by atoms with Gasteiger partial charge in [-0.25, -0.2) is 18.2 Å². The van der Waals surface area contributed by atoms with E-state index < -0.39 is 15.9 Å². The van der Waals surface area contributed by atoms with Gasteiger partial charge < -0.3 is 10.4 Å². The van der Waals surface area contributed by atoms with Crippen LogP contribution in [0, 0.1) is 6.92 Å². The zero-order chi connectivity index (χ0) is 18.6. The van der Waals surface area contributed by atoms with Crippen LogP contribution in [-0.4, -0.2) is 43.9 Å². The van der Waals surface area contributed by atoms with Crippen molar-refractivity contribution in [3.63, 3.8) is 0 Å². The molecule has 0 radical (unpaired) electrons. The highest BCUT2D eigenvalue weighted by atomic mass is 35.5. The first-order valence-corrected chi connectivity index (χ1v) is 10.4. The predicted octanol–water partition coefficient (Wildman–Crippen LogP) is 2.68. The lowest BCUT2D eigenvalue weighted by molar-refractivity contribution is 0.249. The highest BCUT2D eigenvalue weighted by Gasteiger charge is 2.17. The van der Waals surface area contributed by atoms with Crippen molar-refractivity contribution in [2.75, 3.05) is 24.7 Å². The Morgan fingerprint density at radius 2 is 2.12 bits per heavy atom. The summed E-state index contributed by atoms with van der Waals surface area (Å²) in [5, 5.41) is 14.5. The monoisotopic (exact) mass is 403 g/mol. The molecule has 1 heterocycles. The Bertz CT molecular complexity index is 881. The van der Waals surface area contributed by atoms with Crippen molar-refractivity contribution in [3.05, 3.63) is 28.9 Å². The molecule has 25 heavy (non-hydrogen) atoms. The Kier molecular flexibility index (Phi) is 6.39. The van der Waals surface area contributed by atoms with E-state index in [0.717, 1.165) is 11.1 Å². The molecule has 3 N–H and O–H groups in total. The summed E-state index contributed by atoms with van der Waals surface area (Å²) in [5.74, 6) is 0.